The first kappa shape index (κ1) is 15.8. The van der Waals surface area contributed by atoms with Crippen molar-refractivity contribution < 1.29 is 8.42 Å². The zero-order valence-corrected chi connectivity index (χ0v) is 13.1. The molecule has 0 bridgehead atoms. The summed E-state index contributed by atoms with van der Waals surface area (Å²) in [7, 11) is -3.67. The summed E-state index contributed by atoms with van der Waals surface area (Å²) in [6, 6.07) is 7.96. The first-order valence-corrected chi connectivity index (χ1v) is 8.21. The number of anilines is 1. The molecule has 1 heterocycles. The molecule has 0 atom stereocenters. The van der Waals surface area contributed by atoms with Crippen LogP contribution in [0.5, 0.6) is 0 Å². The van der Waals surface area contributed by atoms with Crippen molar-refractivity contribution in [3.8, 4) is 0 Å². The van der Waals surface area contributed by atoms with Crippen LogP contribution < -0.4 is 5.73 Å². The van der Waals surface area contributed by atoms with Gasteiger partial charge in [-0.2, -0.15) is 4.31 Å². The number of pyridine rings is 1. The monoisotopic (exact) mass is 325 g/mol. The van der Waals surface area contributed by atoms with Gasteiger partial charge in [-0.15, -0.1) is 0 Å². The number of hydrogen-bond acceptors (Lipinski definition) is 4. The van der Waals surface area contributed by atoms with E-state index in [1.54, 1.807) is 31.5 Å². The summed E-state index contributed by atoms with van der Waals surface area (Å²) in [5, 5.41) is 0.128. The number of nitrogen functional groups attached to an aromatic ring is 1. The molecule has 0 spiro atoms. The number of aromatic nitrogens is 1. The highest BCUT2D eigenvalue weighted by molar-refractivity contribution is 7.89. The summed E-state index contributed by atoms with van der Waals surface area (Å²) < 4.78 is 26.7. The molecule has 0 saturated heterocycles. The fourth-order valence-electron chi connectivity index (χ4n) is 1.92. The van der Waals surface area contributed by atoms with E-state index in [0.29, 0.717) is 12.2 Å². The van der Waals surface area contributed by atoms with Gasteiger partial charge in [0.25, 0.3) is 0 Å². The molecule has 0 fully saturated rings. The third kappa shape index (κ3) is 3.53. The maximum Gasteiger partial charge on any atom is 0.244 e. The fourth-order valence-corrected chi connectivity index (χ4v) is 3.89. The van der Waals surface area contributed by atoms with E-state index >= 15 is 0 Å². The van der Waals surface area contributed by atoms with E-state index in [-0.39, 0.29) is 16.5 Å². The molecule has 0 radical (unpaired) electrons. The Morgan fingerprint density at radius 1 is 1.24 bits per heavy atom. The molecular formula is C14H16ClN3O2S. The second-order valence-corrected chi connectivity index (χ2v) is 6.79. The molecule has 2 rings (SSSR count). The Labute approximate surface area is 129 Å². The lowest BCUT2D eigenvalue weighted by atomic mass is 10.3. The minimum atomic E-state index is -3.67. The highest BCUT2D eigenvalue weighted by Gasteiger charge is 2.25. The minimum absolute atomic E-state index is 0.0641. The predicted molar refractivity (Wildman–Crippen MR) is 83.4 cm³/mol. The maximum atomic E-state index is 12.7. The lowest BCUT2D eigenvalue weighted by Gasteiger charge is -2.21. The molecule has 112 valence electrons. The smallest absolute Gasteiger partial charge is 0.244 e. The van der Waals surface area contributed by atoms with Crippen LogP contribution in [0.1, 0.15) is 12.5 Å². The van der Waals surface area contributed by atoms with Crippen LogP contribution in [-0.2, 0) is 16.6 Å². The molecule has 0 amide bonds. The van der Waals surface area contributed by atoms with E-state index in [0.717, 1.165) is 5.56 Å². The van der Waals surface area contributed by atoms with Crippen molar-refractivity contribution in [3.05, 3.63) is 53.3 Å². The third-order valence-electron chi connectivity index (χ3n) is 3.03. The number of nitrogens with zero attached hydrogens (tertiary/aromatic N) is 2. The van der Waals surface area contributed by atoms with Crippen molar-refractivity contribution in [3.63, 3.8) is 0 Å². The zero-order chi connectivity index (χ0) is 15.5. The van der Waals surface area contributed by atoms with Crippen LogP contribution in [-0.4, -0.2) is 24.3 Å². The van der Waals surface area contributed by atoms with Crippen molar-refractivity contribution in [1.29, 1.82) is 0 Å². The van der Waals surface area contributed by atoms with Gasteiger partial charge in [-0.3, -0.25) is 4.98 Å². The first-order chi connectivity index (χ1) is 9.95. The highest BCUT2D eigenvalue weighted by atomic mass is 35.5. The van der Waals surface area contributed by atoms with Gasteiger partial charge < -0.3 is 5.73 Å². The predicted octanol–water partition coefficient (Wildman–Crippen LogP) is 2.53. The molecule has 0 aliphatic rings. The molecule has 0 saturated carbocycles. The molecule has 21 heavy (non-hydrogen) atoms. The zero-order valence-electron chi connectivity index (χ0n) is 11.5. The summed E-state index contributed by atoms with van der Waals surface area (Å²) in [6.45, 7) is 2.39. The van der Waals surface area contributed by atoms with E-state index in [1.807, 2.05) is 0 Å². The Hall–Kier alpha value is -1.63. The van der Waals surface area contributed by atoms with E-state index in [1.165, 1.54) is 22.5 Å². The lowest BCUT2D eigenvalue weighted by Crippen LogP contribution is -2.30. The Kier molecular flexibility index (Phi) is 4.82. The Morgan fingerprint density at radius 2 is 1.90 bits per heavy atom. The van der Waals surface area contributed by atoms with E-state index in [9.17, 15) is 8.42 Å². The van der Waals surface area contributed by atoms with Gasteiger partial charge in [0.15, 0.2) is 0 Å². The molecule has 0 aliphatic carbocycles. The lowest BCUT2D eigenvalue weighted by molar-refractivity contribution is 0.423. The number of sulfonamides is 1. The summed E-state index contributed by atoms with van der Waals surface area (Å²) in [6.07, 6.45) is 3.26. The maximum absolute atomic E-state index is 12.7. The summed E-state index contributed by atoms with van der Waals surface area (Å²) in [5.41, 5.74) is 6.89. The van der Waals surface area contributed by atoms with Crippen molar-refractivity contribution in [2.75, 3.05) is 12.3 Å². The second kappa shape index (κ2) is 6.43. The van der Waals surface area contributed by atoms with E-state index in [2.05, 4.69) is 4.98 Å². The standard InChI is InChI=1S/C14H16ClN3O2S/c1-2-18(10-11-5-7-17-8-6-11)21(19,20)14-4-3-12(16)9-13(14)15/h3-9H,2,10,16H2,1H3. The summed E-state index contributed by atoms with van der Waals surface area (Å²) in [5.74, 6) is 0. The highest BCUT2D eigenvalue weighted by Crippen LogP contribution is 2.27. The van der Waals surface area contributed by atoms with Crippen LogP contribution in [0.15, 0.2) is 47.6 Å². The third-order valence-corrected chi connectivity index (χ3v) is 5.44. The van der Waals surface area contributed by atoms with Gasteiger partial charge in [-0.25, -0.2) is 8.42 Å². The summed E-state index contributed by atoms with van der Waals surface area (Å²) in [4.78, 5) is 3.98. The van der Waals surface area contributed by atoms with Crippen molar-refractivity contribution in [1.82, 2.24) is 9.29 Å². The Balaban J connectivity index is 2.36. The molecule has 1 aromatic carbocycles. The van der Waals surface area contributed by atoms with Crippen LogP contribution in [0, 0.1) is 0 Å². The average molecular weight is 326 g/mol. The Bertz CT molecular complexity index is 720. The quantitative estimate of drug-likeness (QED) is 0.857. The number of hydrogen-bond donors (Lipinski definition) is 1. The molecule has 0 aliphatic heterocycles. The molecule has 7 heteroatoms. The number of rotatable bonds is 5. The van der Waals surface area contributed by atoms with Crippen molar-refractivity contribution in [2.45, 2.75) is 18.4 Å². The molecule has 2 aromatic rings. The van der Waals surface area contributed by atoms with Crippen LogP contribution in [0.3, 0.4) is 0 Å². The average Bonchev–Trinajstić information content (AvgIpc) is 2.45. The Morgan fingerprint density at radius 3 is 2.48 bits per heavy atom. The van der Waals surface area contributed by atoms with Gasteiger partial charge >= 0.3 is 0 Å². The van der Waals surface area contributed by atoms with Gasteiger partial charge in [0.05, 0.1) is 5.02 Å². The number of benzene rings is 1. The summed E-state index contributed by atoms with van der Waals surface area (Å²) >= 11 is 6.02. The van der Waals surface area contributed by atoms with Gasteiger partial charge in [0, 0.05) is 31.2 Å². The minimum Gasteiger partial charge on any atom is -0.399 e. The van der Waals surface area contributed by atoms with Crippen LogP contribution in [0.2, 0.25) is 5.02 Å². The van der Waals surface area contributed by atoms with Crippen LogP contribution in [0.25, 0.3) is 0 Å². The number of nitrogens with two attached hydrogens (primary N) is 1. The number of halogens is 1. The van der Waals surface area contributed by atoms with Gasteiger partial charge in [-0.1, -0.05) is 18.5 Å². The van der Waals surface area contributed by atoms with Crippen LogP contribution in [0.4, 0.5) is 5.69 Å². The van der Waals surface area contributed by atoms with Gasteiger partial charge in [0.1, 0.15) is 4.90 Å². The molecule has 2 N–H and O–H groups in total. The molecule has 0 unspecified atom stereocenters. The SMILES string of the molecule is CCN(Cc1ccncc1)S(=O)(=O)c1ccc(N)cc1Cl. The first-order valence-electron chi connectivity index (χ1n) is 6.39. The second-order valence-electron chi connectivity index (χ2n) is 4.48. The fraction of sp³-hybridized carbons (Fsp3) is 0.214. The normalized spacial score (nSPS) is 11.8. The molecule has 1 aromatic heterocycles. The molecule has 5 nitrogen and oxygen atoms in total. The van der Waals surface area contributed by atoms with Gasteiger partial charge in [0.2, 0.25) is 10.0 Å². The van der Waals surface area contributed by atoms with E-state index < -0.39 is 10.0 Å². The van der Waals surface area contributed by atoms with Gasteiger partial charge in [-0.05, 0) is 35.9 Å². The van der Waals surface area contributed by atoms with Crippen molar-refractivity contribution >= 4 is 27.3 Å². The largest absolute Gasteiger partial charge is 0.399 e. The van der Waals surface area contributed by atoms with Crippen LogP contribution >= 0.6 is 11.6 Å². The van der Waals surface area contributed by atoms with Crippen molar-refractivity contribution in [2.24, 2.45) is 0 Å². The topological polar surface area (TPSA) is 76.3 Å². The van der Waals surface area contributed by atoms with E-state index in [4.69, 9.17) is 17.3 Å². The molecular weight excluding hydrogens is 310 g/mol.